The molecule has 0 heterocycles. The van der Waals surface area contributed by atoms with Crippen LogP contribution in [0.25, 0.3) is 0 Å². The highest BCUT2D eigenvalue weighted by atomic mass is 35.5. The molecule has 0 aliphatic rings. The van der Waals surface area contributed by atoms with Crippen LogP contribution in [0, 0.1) is 13.8 Å². The van der Waals surface area contributed by atoms with Gasteiger partial charge in [0.1, 0.15) is 17.3 Å². The highest BCUT2D eigenvalue weighted by Gasteiger charge is 2.04. The number of alkyl halides is 1. The first-order valence-electron chi connectivity index (χ1n) is 4.24. The topological polar surface area (TPSA) is 58.6 Å². The quantitative estimate of drug-likeness (QED) is 0.449. The Morgan fingerprint density at radius 2 is 2.14 bits per heavy atom. The molecule has 1 aromatic rings. The SMILES string of the molecule is Cc1cc(C)c(O)c(N=C(N)CCl)c1. The van der Waals surface area contributed by atoms with Gasteiger partial charge in [-0.2, -0.15) is 0 Å². The lowest BCUT2D eigenvalue weighted by atomic mass is 10.1. The molecule has 0 fully saturated rings. The van der Waals surface area contributed by atoms with Gasteiger partial charge in [0.25, 0.3) is 0 Å². The van der Waals surface area contributed by atoms with Gasteiger partial charge in [0.2, 0.25) is 0 Å². The molecule has 1 aromatic carbocycles. The van der Waals surface area contributed by atoms with E-state index in [1.165, 1.54) is 0 Å². The van der Waals surface area contributed by atoms with Crippen molar-refractivity contribution in [3.8, 4) is 5.75 Å². The molecule has 4 heteroatoms. The Balaban J connectivity index is 3.21. The molecule has 1 rings (SSSR count). The zero-order valence-corrected chi connectivity index (χ0v) is 8.97. The van der Waals surface area contributed by atoms with Crippen LogP contribution in [0.4, 0.5) is 5.69 Å². The van der Waals surface area contributed by atoms with Crippen molar-refractivity contribution < 1.29 is 5.11 Å². The van der Waals surface area contributed by atoms with Gasteiger partial charge in [-0.05, 0) is 31.0 Å². The average molecular weight is 213 g/mol. The van der Waals surface area contributed by atoms with Gasteiger partial charge in [-0.3, -0.25) is 0 Å². The fraction of sp³-hybridized carbons (Fsp3) is 0.300. The summed E-state index contributed by atoms with van der Waals surface area (Å²) in [5, 5.41) is 9.66. The van der Waals surface area contributed by atoms with Crippen molar-refractivity contribution in [1.29, 1.82) is 0 Å². The van der Waals surface area contributed by atoms with Crippen LogP contribution in [0.5, 0.6) is 5.75 Å². The molecule has 0 aliphatic carbocycles. The molecule has 0 radical (unpaired) electrons. The second kappa shape index (κ2) is 4.33. The van der Waals surface area contributed by atoms with E-state index in [4.69, 9.17) is 17.3 Å². The van der Waals surface area contributed by atoms with Crippen LogP contribution in [0.1, 0.15) is 11.1 Å². The number of amidine groups is 1. The van der Waals surface area contributed by atoms with Crippen molar-refractivity contribution in [3.05, 3.63) is 23.3 Å². The predicted molar refractivity (Wildman–Crippen MR) is 59.6 cm³/mol. The van der Waals surface area contributed by atoms with Gasteiger partial charge in [0.15, 0.2) is 0 Å². The van der Waals surface area contributed by atoms with Gasteiger partial charge < -0.3 is 10.8 Å². The van der Waals surface area contributed by atoms with Crippen molar-refractivity contribution in [2.75, 3.05) is 5.88 Å². The Labute approximate surface area is 88.2 Å². The van der Waals surface area contributed by atoms with Crippen LogP contribution in [-0.4, -0.2) is 16.8 Å². The van der Waals surface area contributed by atoms with E-state index in [2.05, 4.69) is 4.99 Å². The Kier molecular flexibility index (Phi) is 3.36. The van der Waals surface area contributed by atoms with E-state index in [0.29, 0.717) is 11.5 Å². The highest BCUT2D eigenvalue weighted by Crippen LogP contribution is 2.31. The van der Waals surface area contributed by atoms with Crippen molar-refractivity contribution in [3.63, 3.8) is 0 Å². The number of aliphatic imine (C=N–C) groups is 1. The molecule has 0 unspecified atom stereocenters. The van der Waals surface area contributed by atoms with Crippen molar-refractivity contribution in [2.24, 2.45) is 10.7 Å². The van der Waals surface area contributed by atoms with Crippen LogP contribution in [0.15, 0.2) is 17.1 Å². The fourth-order valence-electron chi connectivity index (χ4n) is 1.21. The number of hydrogen-bond donors (Lipinski definition) is 2. The van der Waals surface area contributed by atoms with Crippen LogP contribution < -0.4 is 5.73 Å². The van der Waals surface area contributed by atoms with Crippen LogP contribution in [0.3, 0.4) is 0 Å². The molecule has 0 aliphatic heterocycles. The third-order valence-electron chi connectivity index (χ3n) is 1.83. The number of nitrogens with zero attached hydrogens (tertiary/aromatic N) is 1. The van der Waals surface area contributed by atoms with Crippen LogP contribution >= 0.6 is 11.6 Å². The lowest BCUT2D eigenvalue weighted by Crippen LogP contribution is -2.12. The predicted octanol–water partition coefficient (Wildman–Crippen LogP) is 2.24. The molecule has 0 saturated heterocycles. The maximum absolute atomic E-state index is 9.66. The molecule has 0 spiro atoms. The summed E-state index contributed by atoms with van der Waals surface area (Å²) < 4.78 is 0. The number of rotatable bonds is 2. The van der Waals surface area contributed by atoms with E-state index in [1.807, 2.05) is 19.9 Å². The molecule has 3 nitrogen and oxygen atoms in total. The summed E-state index contributed by atoms with van der Waals surface area (Å²) >= 11 is 5.50. The maximum atomic E-state index is 9.66. The van der Waals surface area contributed by atoms with Crippen molar-refractivity contribution >= 4 is 23.1 Å². The van der Waals surface area contributed by atoms with E-state index in [1.54, 1.807) is 6.07 Å². The number of halogens is 1. The van der Waals surface area contributed by atoms with Crippen LogP contribution in [0.2, 0.25) is 0 Å². The largest absolute Gasteiger partial charge is 0.505 e. The minimum atomic E-state index is 0.156. The zero-order chi connectivity index (χ0) is 10.7. The second-order valence-corrected chi connectivity index (χ2v) is 3.45. The normalized spacial score (nSPS) is 11.8. The maximum Gasteiger partial charge on any atom is 0.144 e. The van der Waals surface area contributed by atoms with Gasteiger partial charge in [0.05, 0.1) is 5.88 Å². The summed E-state index contributed by atoms with van der Waals surface area (Å²) in [6.07, 6.45) is 0. The minimum Gasteiger partial charge on any atom is -0.505 e. The average Bonchev–Trinajstić information content (AvgIpc) is 2.13. The number of phenolic OH excluding ortho intramolecular Hbond substituents is 1. The van der Waals surface area contributed by atoms with Gasteiger partial charge in [-0.1, -0.05) is 6.07 Å². The standard InChI is InChI=1S/C10H13ClN2O/c1-6-3-7(2)10(14)8(4-6)13-9(12)5-11/h3-4,14H,5H2,1-2H3,(H2,12,13). The molecule has 76 valence electrons. The van der Waals surface area contributed by atoms with Gasteiger partial charge in [-0.25, -0.2) is 4.99 Å². The Morgan fingerprint density at radius 3 is 2.71 bits per heavy atom. The first-order chi connectivity index (χ1) is 6.54. The molecule has 0 aromatic heterocycles. The van der Waals surface area contributed by atoms with E-state index >= 15 is 0 Å². The number of phenols is 1. The third kappa shape index (κ3) is 2.39. The summed E-state index contributed by atoms with van der Waals surface area (Å²) in [4.78, 5) is 4.01. The van der Waals surface area contributed by atoms with Crippen molar-refractivity contribution in [1.82, 2.24) is 0 Å². The van der Waals surface area contributed by atoms with Gasteiger partial charge >= 0.3 is 0 Å². The minimum absolute atomic E-state index is 0.156. The highest BCUT2D eigenvalue weighted by molar-refractivity contribution is 6.28. The van der Waals surface area contributed by atoms with Crippen LogP contribution in [-0.2, 0) is 0 Å². The Hall–Kier alpha value is -1.22. The summed E-state index contributed by atoms with van der Waals surface area (Å²) in [6, 6.07) is 3.65. The smallest absolute Gasteiger partial charge is 0.144 e. The van der Waals surface area contributed by atoms with E-state index in [0.717, 1.165) is 11.1 Å². The molecule has 0 saturated carbocycles. The molecule has 0 amide bonds. The first kappa shape index (κ1) is 10.9. The Bertz CT molecular complexity index is 375. The number of aromatic hydroxyl groups is 1. The number of benzene rings is 1. The van der Waals surface area contributed by atoms with Gasteiger partial charge in [0, 0.05) is 0 Å². The van der Waals surface area contributed by atoms with Gasteiger partial charge in [-0.15, -0.1) is 11.6 Å². The lowest BCUT2D eigenvalue weighted by molar-refractivity contribution is 0.472. The molecular weight excluding hydrogens is 200 g/mol. The fourth-order valence-corrected chi connectivity index (χ4v) is 1.27. The summed E-state index contributed by atoms with van der Waals surface area (Å²) in [5.41, 5.74) is 7.77. The third-order valence-corrected chi connectivity index (χ3v) is 2.10. The molecular formula is C10H13ClN2O. The molecule has 3 N–H and O–H groups in total. The van der Waals surface area contributed by atoms with E-state index in [9.17, 15) is 5.11 Å². The Morgan fingerprint density at radius 1 is 1.50 bits per heavy atom. The zero-order valence-electron chi connectivity index (χ0n) is 8.21. The summed E-state index contributed by atoms with van der Waals surface area (Å²) in [6.45, 7) is 3.75. The second-order valence-electron chi connectivity index (χ2n) is 3.19. The number of hydrogen-bond acceptors (Lipinski definition) is 2. The summed E-state index contributed by atoms with van der Waals surface area (Å²) in [7, 11) is 0. The molecule has 0 bridgehead atoms. The lowest BCUT2D eigenvalue weighted by Gasteiger charge is -2.05. The van der Waals surface area contributed by atoms with Crippen molar-refractivity contribution in [2.45, 2.75) is 13.8 Å². The summed E-state index contributed by atoms with van der Waals surface area (Å²) in [5.74, 6) is 0.613. The number of nitrogens with two attached hydrogens (primary N) is 1. The monoisotopic (exact) mass is 212 g/mol. The van der Waals surface area contributed by atoms with E-state index < -0.39 is 0 Å². The molecule has 14 heavy (non-hydrogen) atoms. The number of aryl methyl sites for hydroxylation is 2. The molecule has 0 atom stereocenters. The first-order valence-corrected chi connectivity index (χ1v) is 4.77. The van der Waals surface area contributed by atoms with E-state index in [-0.39, 0.29) is 11.6 Å².